The number of nitro groups is 1. The number of hydrogen-bond donors (Lipinski definition) is 1. The van der Waals surface area contributed by atoms with Crippen LogP contribution < -0.4 is 10.9 Å². The molecule has 0 radical (unpaired) electrons. The van der Waals surface area contributed by atoms with Crippen molar-refractivity contribution in [2.75, 3.05) is 5.32 Å². The van der Waals surface area contributed by atoms with Gasteiger partial charge in [0.2, 0.25) is 5.91 Å². The minimum atomic E-state index is -0.561. The van der Waals surface area contributed by atoms with Crippen LogP contribution in [0, 0.1) is 17.0 Å². The first-order valence-corrected chi connectivity index (χ1v) is 8.91. The van der Waals surface area contributed by atoms with E-state index in [1.54, 1.807) is 0 Å². The molecule has 1 aromatic carbocycles. The van der Waals surface area contributed by atoms with Crippen LogP contribution >= 0.6 is 0 Å². The van der Waals surface area contributed by atoms with Crippen molar-refractivity contribution in [3.8, 4) is 0 Å². The lowest BCUT2D eigenvalue weighted by Crippen LogP contribution is -2.29. The first-order chi connectivity index (χ1) is 12.6. The molecule has 0 aliphatic rings. The van der Waals surface area contributed by atoms with Gasteiger partial charge in [-0.3, -0.25) is 24.3 Å². The topological polar surface area (TPSA) is 94.2 Å². The van der Waals surface area contributed by atoms with Gasteiger partial charge in [-0.25, -0.2) is 0 Å². The van der Waals surface area contributed by atoms with E-state index < -0.39 is 16.4 Å². The number of nitrogens with one attached hydrogen (secondary N) is 1. The van der Waals surface area contributed by atoms with Crippen molar-refractivity contribution in [3.63, 3.8) is 0 Å². The molecule has 0 spiro atoms. The van der Waals surface area contributed by atoms with Crippen molar-refractivity contribution in [1.82, 2.24) is 4.57 Å². The number of amides is 1. The number of benzene rings is 1. The lowest BCUT2D eigenvalue weighted by molar-refractivity contribution is -0.386. The minimum Gasteiger partial charge on any atom is -0.324 e. The zero-order chi connectivity index (χ0) is 20.3. The van der Waals surface area contributed by atoms with Crippen LogP contribution in [0.25, 0.3) is 0 Å². The summed E-state index contributed by atoms with van der Waals surface area (Å²) in [5, 5.41) is 14.0. The quantitative estimate of drug-likeness (QED) is 0.614. The van der Waals surface area contributed by atoms with E-state index in [0.717, 1.165) is 33.5 Å². The summed E-state index contributed by atoms with van der Waals surface area (Å²) < 4.78 is 1.13. The van der Waals surface area contributed by atoms with Crippen LogP contribution in [-0.2, 0) is 11.3 Å². The normalized spacial score (nSPS) is 11.1. The van der Waals surface area contributed by atoms with Gasteiger partial charge in [0, 0.05) is 17.8 Å². The molecule has 0 fully saturated rings. The standard InChI is InChI=1S/C20H25N3O4/c1-12(2)15-7-6-8-16(13(3)4)20(15)21-18(24)11-22-14(5)17(23(26)27)9-10-19(22)25/h6-10,12-13H,11H2,1-5H3,(H,21,24). The summed E-state index contributed by atoms with van der Waals surface area (Å²) in [7, 11) is 0. The average molecular weight is 371 g/mol. The van der Waals surface area contributed by atoms with Crippen molar-refractivity contribution in [2.45, 2.75) is 53.0 Å². The van der Waals surface area contributed by atoms with Crippen LogP contribution in [0.4, 0.5) is 11.4 Å². The van der Waals surface area contributed by atoms with Gasteiger partial charge in [0.15, 0.2) is 0 Å². The largest absolute Gasteiger partial charge is 0.324 e. The zero-order valence-corrected chi connectivity index (χ0v) is 16.3. The van der Waals surface area contributed by atoms with Gasteiger partial charge in [-0.2, -0.15) is 0 Å². The maximum Gasteiger partial charge on any atom is 0.288 e. The lowest BCUT2D eigenvalue weighted by Gasteiger charge is -2.20. The molecule has 1 N–H and O–H groups in total. The van der Waals surface area contributed by atoms with E-state index in [9.17, 15) is 19.7 Å². The second-order valence-corrected chi connectivity index (χ2v) is 7.15. The highest BCUT2D eigenvalue weighted by Crippen LogP contribution is 2.32. The Hall–Kier alpha value is -2.96. The van der Waals surface area contributed by atoms with Crippen molar-refractivity contribution < 1.29 is 9.72 Å². The van der Waals surface area contributed by atoms with Gasteiger partial charge >= 0.3 is 0 Å². The molecule has 7 heteroatoms. The summed E-state index contributed by atoms with van der Waals surface area (Å²) >= 11 is 0. The molecular weight excluding hydrogens is 346 g/mol. The van der Waals surface area contributed by atoms with E-state index in [-0.39, 0.29) is 29.8 Å². The predicted molar refractivity (Wildman–Crippen MR) is 105 cm³/mol. The molecule has 2 aromatic rings. The number of anilines is 1. The highest BCUT2D eigenvalue weighted by molar-refractivity contribution is 5.92. The van der Waals surface area contributed by atoms with Gasteiger partial charge in [-0.15, -0.1) is 0 Å². The molecule has 0 saturated carbocycles. The summed E-state index contributed by atoms with van der Waals surface area (Å²) in [4.78, 5) is 35.3. The van der Waals surface area contributed by atoms with Crippen molar-refractivity contribution in [3.05, 3.63) is 67.6 Å². The first-order valence-electron chi connectivity index (χ1n) is 8.91. The number of aromatic nitrogens is 1. The van der Waals surface area contributed by atoms with E-state index in [2.05, 4.69) is 5.32 Å². The fourth-order valence-corrected chi connectivity index (χ4v) is 3.07. The SMILES string of the molecule is Cc1c([N+](=O)[O-])ccc(=O)n1CC(=O)Nc1c(C(C)C)cccc1C(C)C. The summed E-state index contributed by atoms with van der Waals surface area (Å²) in [5.41, 5.74) is 2.30. The Labute approximate surface area is 158 Å². The number of hydrogen-bond acceptors (Lipinski definition) is 4. The van der Waals surface area contributed by atoms with Gasteiger partial charge in [0.25, 0.3) is 11.2 Å². The third-order valence-corrected chi connectivity index (χ3v) is 4.56. The van der Waals surface area contributed by atoms with Crippen LogP contribution in [0.15, 0.2) is 35.1 Å². The van der Waals surface area contributed by atoms with Gasteiger partial charge in [0.1, 0.15) is 6.54 Å². The monoisotopic (exact) mass is 371 g/mol. The van der Waals surface area contributed by atoms with Crippen LogP contribution in [0.3, 0.4) is 0 Å². The minimum absolute atomic E-state index is 0.156. The number of carbonyl (C=O) groups excluding carboxylic acids is 1. The van der Waals surface area contributed by atoms with E-state index >= 15 is 0 Å². The summed E-state index contributed by atoms with van der Waals surface area (Å²) in [5.74, 6) is 0.0261. The Balaban J connectivity index is 2.39. The Bertz CT molecular complexity index is 903. The fraction of sp³-hybridized carbons (Fsp3) is 0.400. The van der Waals surface area contributed by atoms with Crippen molar-refractivity contribution in [1.29, 1.82) is 0 Å². The third-order valence-electron chi connectivity index (χ3n) is 4.56. The van der Waals surface area contributed by atoms with E-state index in [4.69, 9.17) is 0 Å². The number of rotatable bonds is 6. The van der Waals surface area contributed by atoms with Crippen LogP contribution in [0.5, 0.6) is 0 Å². The van der Waals surface area contributed by atoms with Crippen molar-refractivity contribution >= 4 is 17.3 Å². The molecule has 7 nitrogen and oxygen atoms in total. The van der Waals surface area contributed by atoms with E-state index in [1.165, 1.54) is 6.92 Å². The number of pyridine rings is 1. The summed E-state index contributed by atoms with van der Waals surface area (Å²) in [6, 6.07) is 8.18. The molecule has 0 aliphatic carbocycles. The molecule has 1 aromatic heterocycles. The Kier molecular flexibility index (Phi) is 6.15. The number of para-hydroxylation sites is 1. The second kappa shape index (κ2) is 8.16. The molecule has 27 heavy (non-hydrogen) atoms. The van der Waals surface area contributed by atoms with Crippen LogP contribution in [-0.4, -0.2) is 15.4 Å². The molecule has 144 valence electrons. The molecule has 2 rings (SSSR count). The smallest absolute Gasteiger partial charge is 0.288 e. The van der Waals surface area contributed by atoms with Gasteiger partial charge in [-0.05, 0) is 29.9 Å². The zero-order valence-electron chi connectivity index (χ0n) is 16.3. The molecule has 0 bridgehead atoms. The highest BCUT2D eigenvalue weighted by Gasteiger charge is 2.19. The molecule has 1 heterocycles. The molecule has 0 unspecified atom stereocenters. The Morgan fingerprint density at radius 3 is 2.15 bits per heavy atom. The van der Waals surface area contributed by atoms with E-state index in [0.29, 0.717) is 0 Å². The number of carbonyl (C=O) groups is 1. The molecular formula is C20H25N3O4. The van der Waals surface area contributed by atoms with E-state index in [1.807, 2.05) is 45.9 Å². The molecule has 0 aliphatic heterocycles. The lowest BCUT2D eigenvalue weighted by atomic mass is 9.92. The maximum atomic E-state index is 12.7. The fourth-order valence-electron chi connectivity index (χ4n) is 3.07. The predicted octanol–water partition coefficient (Wildman–Crippen LogP) is 3.95. The molecule has 1 amide bonds. The first kappa shape index (κ1) is 20.4. The third kappa shape index (κ3) is 4.42. The maximum absolute atomic E-state index is 12.7. The second-order valence-electron chi connectivity index (χ2n) is 7.15. The number of nitrogens with zero attached hydrogens (tertiary/aromatic N) is 2. The Morgan fingerprint density at radius 2 is 1.67 bits per heavy atom. The molecule has 0 atom stereocenters. The summed E-state index contributed by atoms with van der Waals surface area (Å²) in [6.07, 6.45) is 0. The Morgan fingerprint density at radius 1 is 1.11 bits per heavy atom. The highest BCUT2D eigenvalue weighted by atomic mass is 16.6. The van der Waals surface area contributed by atoms with Gasteiger partial charge in [0.05, 0.1) is 10.6 Å². The van der Waals surface area contributed by atoms with Crippen molar-refractivity contribution in [2.24, 2.45) is 0 Å². The van der Waals surface area contributed by atoms with Gasteiger partial charge < -0.3 is 5.32 Å². The summed E-state index contributed by atoms with van der Waals surface area (Å²) in [6.45, 7) is 9.37. The van der Waals surface area contributed by atoms with Crippen LogP contribution in [0.1, 0.15) is 56.4 Å². The average Bonchev–Trinajstić information content (AvgIpc) is 2.57. The molecule has 0 saturated heterocycles. The van der Waals surface area contributed by atoms with Crippen LogP contribution in [0.2, 0.25) is 0 Å². The van der Waals surface area contributed by atoms with Gasteiger partial charge in [-0.1, -0.05) is 45.9 Å².